The number of hydrogen-bond acceptors (Lipinski definition) is 9. The standard InChI is InChI=1S/C28H29N3O7S/c1-5-6-7-13-38-21-12-11-19(16-22(21)36-3)25-24(27(33)37-4)17(2)29-28-30(25)26(32)23(39-28)15-18-9-8-10-20(14-18)31(34)35/h8-12,14-16,25H,5-7,13H2,1-4H3. The Morgan fingerprint density at radius 2 is 1.97 bits per heavy atom. The molecule has 0 bridgehead atoms. The number of aromatic nitrogens is 1. The summed E-state index contributed by atoms with van der Waals surface area (Å²) in [6, 6.07) is 10.5. The molecule has 39 heavy (non-hydrogen) atoms. The lowest BCUT2D eigenvalue weighted by atomic mass is 9.95. The zero-order chi connectivity index (χ0) is 28.1. The molecule has 10 nitrogen and oxygen atoms in total. The van der Waals surface area contributed by atoms with E-state index in [1.54, 1.807) is 43.3 Å². The van der Waals surface area contributed by atoms with Crippen molar-refractivity contribution in [3.05, 3.63) is 94.7 Å². The average Bonchev–Trinajstić information content (AvgIpc) is 3.23. The van der Waals surface area contributed by atoms with Crippen LogP contribution in [-0.4, -0.2) is 36.3 Å². The number of methoxy groups -OCH3 is 2. The third kappa shape index (κ3) is 5.78. The fraction of sp³-hybridized carbons (Fsp3) is 0.321. The Morgan fingerprint density at radius 1 is 1.18 bits per heavy atom. The van der Waals surface area contributed by atoms with E-state index in [0.717, 1.165) is 30.6 Å². The molecule has 2 heterocycles. The van der Waals surface area contributed by atoms with Crippen LogP contribution in [0.15, 0.2) is 63.5 Å². The SMILES string of the molecule is CCCCCOc1ccc(C2C(C(=O)OC)=C(C)N=c3sc(=Cc4cccc([N+](=O)[O-])c4)c(=O)n32)cc1OC. The van der Waals surface area contributed by atoms with E-state index in [1.807, 2.05) is 0 Å². The molecular weight excluding hydrogens is 522 g/mol. The number of unbranched alkanes of at least 4 members (excludes halogenated alkanes) is 2. The quantitative estimate of drug-likeness (QED) is 0.162. The van der Waals surface area contributed by atoms with Crippen LogP contribution < -0.4 is 24.4 Å². The first kappa shape index (κ1) is 27.8. The Bertz CT molecular complexity index is 1620. The highest BCUT2D eigenvalue weighted by atomic mass is 32.1. The molecule has 0 N–H and O–H groups in total. The van der Waals surface area contributed by atoms with Gasteiger partial charge in [0.15, 0.2) is 16.3 Å². The third-order valence-corrected chi connectivity index (χ3v) is 7.30. The third-order valence-electron chi connectivity index (χ3n) is 6.31. The monoisotopic (exact) mass is 551 g/mol. The van der Waals surface area contributed by atoms with E-state index in [9.17, 15) is 19.7 Å². The van der Waals surface area contributed by atoms with E-state index in [-0.39, 0.29) is 16.8 Å². The summed E-state index contributed by atoms with van der Waals surface area (Å²) in [5.74, 6) is 0.436. The number of benzene rings is 2. The van der Waals surface area contributed by atoms with Crippen LogP contribution in [0.25, 0.3) is 6.08 Å². The lowest BCUT2D eigenvalue weighted by Crippen LogP contribution is -2.39. The molecule has 0 spiro atoms. The van der Waals surface area contributed by atoms with E-state index >= 15 is 0 Å². The van der Waals surface area contributed by atoms with Gasteiger partial charge in [0, 0.05) is 12.1 Å². The molecule has 1 aliphatic rings. The summed E-state index contributed by atoms with van der Waals surface area (Å²) in [5, 5.41) is 11.2. The second-order valence-electron chi connectivity index (χ2n) is 8.89. The van der Waals surface area contributed by atoms with Crippen molar-refractivity contribution >= 4 is 29.1 Å². The van der Waals surface area contributed by atoms with Crippen LogP contribution in [0.5, 0.6) is 11.5 Å². The molecular formula is C28H29N3O7S. The number of esters is 1. The lowest BCUT2D eigenvalue weighted by molar-refractivity contribution is -0.384. The maximum atomic E-state index is 13.7. The molecule has 3 aromatic rings. The molecule has 204 valence electrons. The van der Waals surface area contributed by atoms with Gasteiger partial charge in [-0.05, 0) is 42.7 Å². The fourth-order valence-corrected chi connectivity index (χ4v) is 5.44. The number of ether oxygens (including phenoxy) is 3. The number of carbonyl (C=O) groups excluding carboxylic acids is 1. The zero-order valence-electron chi connectivity index (χ0n) is 22.1. The second kappa shape index (κ2) is 12.1. The molecule has 1 unspecified atom stereocenters. The van der Waals surface area contributed by atoms with Gasteiger partial charge in [-0.15, -0.1) is 0 Å². The Labute approximate surface area is 228 Å². The average molecular weight is 552 g/mol. The molecule has 0 aliphatic carbocycles. The number of nitrogens with zero attached hydrogens (tertiary/aromatic N) is 3. The maximum Gasteiger partial charge on any atom is 0.338 e. The molecule has 0 saturated heterocycles. The number of non-ortho nitro benzene ring substituents is 1. The van der Waals surface area contributed by atoms with Crippen molar-refractivity contribution < 1.29 is 23.9 Å². The van der Waals surface area contributed by atoms with Crippen LogP contribution in [-0.2, 0) is 9.53 Å². The van der Waals surface area contributed by atoms with Gasteiger partial charge >= 0.3 is 5.97 Å². The topological polar surface area (TPSA) is 122 Å². The normalized spacial score (nSPS) is 15.0. The largest absolute Gasteiger partial charge is 0.493 e. The number of nitro groups is 1. The molecule has 0 radical (unpaired) electrons. The van der Waals surface area contributed by atoms with E-state index in [2.05, 4.69) is 11.9 Å². The van der Waals surface area contributed by atoms with Crippen LogP contribution in [0.1, 0.15) is 50.3 Å². The Morgan fingerprint density at radius 3 is 2.67 bits per heavy atom. The minimum absolute atomic E-state index is 0.0812. The molecule has 4 rings (SSSR count). The number of rotatable bonds is 10. The number of fused-ring (bicyclic) bond motifs is 1. The highest BCUT2D eigenvalue weighted by molar-refractivity contribution is 7.07. The van der Waals surface area contributed by atoms with E-state index < -0.39 is 16.9 Å². The van der Waals surface area contributed by atoms with Crippen molar-refractivity contribution in [1.82, 2.24) is 4.57 Å². The van der Waals surface area contributed by atoms with E-state index in [1.165, 1.54) is 30.9 Å². The first-order valence-corrected chi connectivity index (χ1v) is 13.3. The van der Waals surface area contributed by atoms with Crippen LogP contribution in [0.3, 0.4) is 0 Å². The second-order valence-corrected chi connectivity index (χ2v) is 9.90. The lowest BCUT2D eigenvalue weighted by Gasteiger charge is -2.25. The molecule has 0 saturated carbocycles. The van der Waals surface area contributed by atoms with Crippen molar-refractivity contribution in [3.63, 3.8) is 0 Å². The van der Waals surface area contributed by atoms with Gasteiger partial charge < -0.3 is 14.2 Å². The van der Waals surface area contributed by atoms with E-state index in [4.69, 9.17) is 14.2 Å². The summed E-state index contributed by atoms with van der Waals surface area (Å²) >= 11 is 1.14. The predicted octanol–water partition coefficient (Wildman–Crippen LogP) is 3.89. The van der Waals surface area contributed by atoms with Gasteiger partial charge in [0.05, 0.1) is 47.6 Å². The van der Waals surface area contributed by atoms with Gasteiger partial charge in [-0.2, -0.15) is 0 Å². The molecule has 1 aromatic heterocycles. The number of hydrogen-bond donors (Lipinski definition) is 0. The Hall–Kier alpha value is -4.25. The van der Waals surface area contributed by atoms with Gasteiger partial charge in [-0.25, -0.2) is 9.79 Å². The minimum atomic E-state index is -0.830. The Kier molecular flexibility index (Phi) is 8.60. The fourth-order valence-electron chi connectivity index (χ4n) is 4.40. The van der Waals surface area contributed by atoms with Crippen molar-refractivity contribution in [3.8, 4) is 11.5 Å². The summed E-state index contributed by atoms with van der Waals surface area (Å²) in [6.45, 7) is 4.36. The van der Waals surface area contributed by atoms with Crippen molar-refractivity contribution in [1.29, 1.82) is 0 Å². The maximum absolute atomic E-state index is 13.7. The molecule has 1 atom stereocenters. The summed E-state index contributed by atoms with van der Waals surface area (Å²) in [6.07, 6.45) is 4.63. The molecule has 2 aromatic carbocycles. The molecule has 11 heteroatoms. The number of allylic oxidation sites excluding steroid dienone is 1. The smallest absolute Gasteiger partial charge is 0.338 e. The van der Waals surface area contributed by atoms with Crippen molar-refractivity contribution in [2.45, 2.75) is 39.2 Å². The predicted molar refractivity (Wildman–Crippen MR) is 147 cm³/mol. The Balaban J connectivity index is 1.85. The number of nitro benzene ring substituents is 1. The van der Waals surface area contributed by atoms with Crippen LogP contribution in [0, 0.1) is 10.1 Å². The van der Waals surface area contributed by atoms with Crippen LogP contribution in [0.4, 0.5) is 5.69 Å². The van der Waals surface area contributed by atoms with Gasteiger partial charge in [-0.3, -0.25) is 19.5 Å². The summed E-state index contributed by atoms with van der Waals surface area (Å²) < 4.78 is 18.3. The highest BCUT2D eigenvalue weighted by Crippen LogP contribution is 2.36. The highest BCUT2D eigenvalue weighted by Gasteiger charge is 2.33. The van der Waals surface area contributed by atoms with Crippen molar-refractivity contribution in [2.75, 3.05) is 20.8 Å². The van der Waals surface area contributed by atoms with Crippen molar-refractivity contribution in [2.24, 2.45) is 4.99 Å². The zero-order valence-corrected chi connectivity index (χ0v) is 22.9. The summed E-state index contributed by atoms with van der Waals surface area (Å²) in [5.41, 5.74) is 1.30. The molecule has 1 aliphatic heterocycles. The van der Waals surface area contributed by atoms with Gasteiger partial charge in [0.1, 0.15) is 0 Å². The van der Waals surface area contributed by atoms with E-state index in [0.29, 0.717) is 44.3 Å². The summed E-state index contributed by atoms with van der Waals surface area (Å²) in [4.78, 5) is 42.3. The first-order chi connectivity index (χ1) is 18.8. The van der Waals surface area contributed by atoms with Crippen LogP contribution in [0.2, 0.25) is 0 Å². The first-order valence-electron chi connectivity index (χ1n) is 12.4. The van der Waals surface area contributed by atoms with Crippen LogP contribution >= 0.6 is 11.3 Å². The number of thiazole rings is 1. The summed E-state index contributed by atoms with van der Waals surface area (Å²) in [7, 11) is 2.81. The van der Waals surface area contributed by atoms with Gasteiger partial charge in [0.2, 0.25) is 0 Å². The van der Waals surface area contributed by atoms with Gasteiger partial charge in [0.25, 0.3) is 11.2 Å². The molecule has 0 amide bonds. The molecule has 0 fully saturated rings. The number of carbonyl (C=O) groups is 1. The minimum Gasteiger partial charge on any atom is -0.493 e. The van der Waals surface area contributed by atoms with Gasteiger partial charge in [-0.1, -0.05) is 49.3 Å².